The van der Waals surface area contributed by atoms with E-state index >= 15 is 0 Å². The number of rotatable bonds is 11. The molecule has 0 aliphatic carbocycles. The molecule has 0 aliphatic rings. The molecule has 2 aromatic carbocycles. The lowest BCUT2D eigenvalue weighted by molar-refractivity contribution is -0.138. The monoisotopic (exact) mass is 541 g/mol. The maximum atomic E-state index is 12.6. The Kier molecular flexibility index (Phi) is 12.2. The van der Waals surface area contributed by atoms with Crippen LogP contribution in [-0.2, 0) is 10.2 Å². The Hall–Kier alpha value is -2.86. The van der Waals surface area contributed by atoms with Crippen molar-refractivity contribution in [2.75, 3.05) is 6.61 Å². The molecule has 2 atom stereocenters. The number of amides is 1. The van der Waals surface area contributed by atoms with Gasteiger partial charge in [-0.25, -0.2) is 0 Å². The molecule has 0 aromatic heterocycles. The van der Waals surface area contributed by atoms with Gasteiger partial charge in [-0.15, -0.1) is 0 Å². The molecule has 2 rings (SSSR count). The molecule has 0 heterocycles. The molecule has 3 N–H and O–H groups in total. The number of carbonyl (C=O) groups excluding carboxylic acids is 1. The summed E-state index contributed by atoms with van der Waals surface area (Å²) in [6.07, 6.45) is 2.33. The number of benzene rings is 2. The minimum Gasteiger partial charge on any atom is -0.490 e. The van der Waals surface area contributed by atoms with E-state index in [1.54, 1.807) is 6.07 Å². The van der Waals surface area contributed by atoms with Crippen LogP contribution in [0.25, 0.3) is 0 Å². The summed E-state index contributed by atoms with van der Waals surface area (Å²) in [5, 5.41) is 22.7. The van der Waals surface area contributed by atoms with E-state index < -0.39 is 23.5 Å². The highest BCUT2D eigenvalue weighted by Crippen LogP contribution is 2.41. The summed E-state index contributed by atoms with van der Waals surface area (Å²) in [5.74, 6) is -0.701. The van der Waals surface area contributed by atoms with Gasteiger partial charge in [-0.1, -0.05) is 79.7 Å². The molecule has 0 aliphatic heterocycles. The van der Waals surface area contributed by atoms with E-state index in [1.165, 1.54) is 12.5 Å². The molecule has 0 bridgehead atoms. The third kappa shape index (κ3) is 7.63. The first kappa shape index (κ1) is 34.2. The van der Waals surface area contributed by atoms with Crippen LogP contribution in [0, 0.1) is 19.3 Å². The van der Waals surface area contributed by atoms with Crippen LogP contribution in [0.4, 0.5) is 0 Å². The second-order valence-electron chi connectivity index (χ2n) is 11.3. The van der Waals surface area contributed by atoms with Gasteiger partial charge in [0.1, 0.15) is 24.0 Å². The lowest BCUT2D eigenvalue weighted by atomic mass is 9.70. The summed E-state index contributed by atoms with van der Waals surface area (Å²) in [6, 6.07) is 11.1. The molecule has 0 saturated heterocycles. The fourth-order valence-electron chi connectivity index (χ4n) is 4.94. The first-order chi connectivity index (χ1) is 18.2. The number of carboxylic acid groups (broad SMARTS) is 1. The van der Waals surface area contributed by atoms with Crippen molar-refractivity contribution in [1.29, 1.82) is 0 Å². The van der Waals surface area contributed by atoms with Crippen molar-refractivity contribution in [3.63, 3.8) is 0 Å². The first-order valence-electron chi connectivity index (χ1n) is 14.3. The number of nitrogens with one attached hydrogen (secondary N) is 1. The van der Waals surface area contributed by atoms with Gasteiger partial charge in [0.2, 0.25) is 0 Å². The zero-order valence-electron chi connectivity index (χ0n) is 26.0. The van der Waals surface area contributed by atoms with Crippen LogP contribution in [0.2, 0.25) is 0 Å². The Bertz CT molecular complexity index is 1110. The number of aryl methyl sites for hydroxylation is 2. The van der Waals surface area contributed by atoms with Gasteiger partial charge in [0.15, 0.2) is 0 Å². The second-order valence-corrected chi connectivity index (χ2v) is 11.3. The number of hydrogen-bond acceptors (Lipinski definition) is 4. The summed E-state index contributed by atoms with van der Waals surface area (Å²) in [5.41, 5.74) is 3.07. The van der Waals surface area contributed by atoms with Crippen LogP contribution < -0.4 is 10.1 Å². The van der Waals surface area contributed by atoms with Crippen molar-refractivity contribution < 1.29 is 24.5 Å². The number of carboxylic acids is 1. The molecule has 6 nitrogen and oxygen atoms in total. The van der Waals surface area contributed by atoms with Gasteiger partial charge in [0.25, 0.3) is 5.91 Å². The van der Waals surface area contributed by atoms with Gasteiger partial charge in [-0.05, 0) is 79.8 Å². The summed E-state index contributed by atoms with van der Waals surface area (Å²) in [6.45, 7) is 22.0. The van der Waals surface area contributed by atoms with Gasteiger partial charge in [0.05, 0.1) is 0 Å². The highest BCUT2D eigenvalue weighted by molar-refractivity contribution is 5.97. The smallest absolute Gasteiger partial charge is 0.325 e. The molecule has 0 saturated carbocycles. The fraction of sp³-hybridized carbons (Fsp3) is 0.576. The predicted octanol–water partition coefficient (Wildman–Crippen LogP) is 7.20. The molecular weight excluding hydrogens is 490 g/mol. The minimum atomic E-state index is -1.07. The summed E-state index contributed by atoms with van der Waals surface area (Å²) in [7, 11) is 0. The van der Waals surface area contributed by atoms with E-state index in [1.807, 2.05) is 73.6 Å². The first-order valence-corrected chi connectivity index (χ1v) is 14.3. The van der Waals surface area contributed by atoms with Crippen molar-refractivity contribution in [3.8, 4) is 5.75 Å². The van der Waals surface area contributed by atoms with Crippen molar-refractivity contribution in [1.82, 2.24) is 5.32 Å². The zero-order chi connectivity index (χ0) is 30.2. The highest BCUT2D eigenvalue weighted by Gasteiger charge is 2.39. The van der Waals surface area contributed by atoms with E-state index in [4.69, 9.17) is 9.84 Å². The topological polar surface area (TPSA) is 95.9 Å². The molecule has 218 valence electrons. The van der Waals surface area contributed by atoms with Crippen molar-refractivity contribution >= 4 is 11.9 Å². The van der Waals surface area contributed by atoms with E-state index in [9.17, 15) is 14.7 Å². The quantitative estimate of drug-likeness (QED) is 0.279. The van der Waals surface area contributed by atoms with Gasteiger partial charge in [0, 0.05) is 11.0 Å². The Morgan fingerprint density at radius 3 is 1.82 bits per heavy atom. The van der Waals surface area contributed by atoms with Gasteiger partial charge < -0.3 is 20.3 Å². The van der Waals surface area contributed by atoms with Crippen molar-refractivity contribution in [2.45, 2.75) is 112 Å². The highest BCUT2D eigenvalue weighted by atomic mass is 16.5. The van der Waals surface area contributed by atoms with Crippen LogP contribution >= 0.6 is 0 Å². The fourth-order valence-corrected chi connectivity index (χ4v) is 4.94. The number of ether oxygens (including phenoxy) is 1. The van der Waals surface area contributed by atoms with Gasteiger partial charge in [-0.2, -0.15) is 0 Å². The van der Waals surface area contributed by atoms with Crippen LogP contribution in [0.1, 0.15) is 114 Å². The van der Waals surface area contributed by atoms with Gasteiger partial charge >= 0.3 is 5.97 Å². The van der Waals surface area contributed by atoms with Crippen LogP contribution in [0.5, 0.6) is 5.75 Å². The minimum absolute atomic E-state index is 0.225. The second kappa shape index (κ2) is 14.0. The molecule has 39 heavy (non-hydrogen) atoms. The maximum Gasteiger partial charge on any atom is 0.325 e. The Morgan fingerprint density at radius 1 is 0.897 bits per heavy atom. The van der Waals surface area contributed by atoms with E-state index in [0.717, 1.165) is 35.3 Å². The maximum absolute atomic E-state index is 12.6. The number of carbonyl (C=O) groups is 2. The summed E-state index contributed by atoms with van der Waals surface area (Å²) in [4.78, 5) is 23.8. The largest absolute Gasteiger partial charge is 0.490 e. The van der Waals surface area contributed by atoms with Crippen LogP contribution in [0.15, 0.2) is 36.4 Å². The molecule has 0 fully saturated rings. The molecular formula is C33H51NO5. The predicted molar refractivity (Wildman–Crippen MR) is 160 cm³/mol. The third-order valence-electron chi connectivity index (χ3n) is 8.12. The standard InChI is InChI=1S/C31H45NO5.C2H6/c1-10-30(11-2,23-13-15-25(20(4)17-23)27(33)32-22(6)28(34)35)24-14-16-26(21(5)18-24)37-19-31(36,12-3)29(7,8)9;1-2/h13-18,22,36H,10-12,19H2,1-9H3,(H,32,33)(H,34,35);1-2H3. The average Bonchev–Trinajstić information content (AvgIpc) is 2.89. The third-order valence-corrected chi connectivity index (χ3v) is 8.12. The molecule has 2 aromatic rings. The average molecular weight is 542 g/mol. The lowest BCUT2D eigenvalue weighted by Gasteiger charge is -2.39. The molecule has 0 spiro atoms. The Morgan fingerprint density at radius 2 is 1.41 bits per heavy atom. The molecule has 6 heteroatoms. The SMILES string of the molecule is CC.CCC(CC)(c1ccc(OCC(O)(CC)C(C)(C)C)c(C)c1)c1ccc(C(=O)NC(C)C(=O)O)c(C)c1. The molecule has 1 amide bonds. The normalized spacial score (nSPS) is 13.9. The number of hydrogen-bond donors (Lipinski definition) is 3. The molecule has 2 unspecified atom stereocenters. The summed E-state index contributed by atoms with van der Waals surface area (Å²) < 4.78 is 6.13. The lowest BCUT2D eigenvalue weighted by Crippen LogP contribution is -2.47. The van der Waals surface area contributed by atoms with Crippen LogP contribution in [-0.4, -0.2) is 40.3 Å². The summed E-state index contributed by atoms with van der Waals surface area (Å²) >= 11 is 0. The van der Waals surface area contributed by atoms with E-state index in [0.29, 0.717) is 12.0 Å². The number of aliphatic hydroxyl groups is 1. The molecule has 0 radical (unpaired) electrons. The van der Waals surface area contributed by atoms with E-state index in [2.05, 4.69) is 31.3 Å². The van der Waals surface area contributed by atoms with Gasteiger partial charge in [-0.3, -0.25) is 9.59 Å². The van der Waals surface area contributed by atoms with E-state index in [-0.39, 0.29) is 17.4 Å². The number of aliphatic carboxylic acids is 1. The Labute approximate surface area is 236 Å². The Balaban J connectivity index is 0.00000371. The van der Waals surface area contributed by atoms with Crippen molar-refractivity contribution in [3.05, 3.63) is 64.2 Å². The van der Waals surface area contributed by atoms with Crippen LogP contribution in [0.3, 0.4) is 0 Å². The van der Waals surface area contributed by atoms with Crippen molar-refractivity contribution in [2.24, 2.45) is 5.41 Å². The zero-order valence-corrected chi connectivity index (χ0v) is 26.0.